The zero-order valence-corrected chi connectivity index (χ0v) is 29.9. The summed E-state index contributed by atoms with van der Waals surface area (Å²) in [6.07, 6.45) is 14.9. The molecule has 0 fully saturated rings. The van der Waals surface area contributed by atoms with Gasteiger partial charge in [0.1, 0.15) is 11.5 Å². The van der Waals surface area contributed by atoms with Gasteiger partial charge in [0.15, 0.2) is 11.6 Å². The van der Waals surface area contributed by atoms with Gasteiger partial charge in [-0.1, -0.05) is 0 Å². The smallest absolute Gasteiger partial charge is 1.00 e. The molecule has 6 aromatic rings. The summed E-state index contributed by atoms with van der Waals surface area (Å²) in [5, 5.41) is 0. The van der Waals surface area contributed by atoms with Crippen LogP contribution in [0.25, 0.3) is 34.4 Å². The van der Waals surface area contributed by atoms with E-state index in [2.05, 4.69) is 41.2 Å². The van der Waals surface area contributed by atoms with Gasteiger partial charge in [-0.25, -0.2) is 9.97 Å². The number of hydrogen-bond acceptors (Lipinski definition) is 6. The molecular weight excluding hydrogens is 801 g/mol. The van der Waals surface area contributed by atoms with Crippen molar-refractivity contribution in [3.63, 3.8) is 0 Å². The zero-order valence-electron chi connectivity index (χ0n) is 25.1. The Morgan fingerprint density at radius 1 is 0.500 bits per heavy atom. The third kappa shape index (κ3) is 10.2. The molecule has 0 aliphatic carbocycles. The minimum Gasteiger partial charge on any atom is -1.00 e. The van der Waals surface area contributed by atoms with Crippen LogP contribution >= 0.6 is 0 Å². The second kappa shape index (κ2) is 19.6. The van der Waals surface area contributed by atoms with Crippen molar-refractivity contribution in [1.29, 1.82) is 0 Å². The van der Waals surface area contributed by atoms with Gasteiger partial charge in [0.25, 0.3) is 0 Å². The molecule has 0 bridgehead atoms. The number of nitrogens with zero attached hydrogens (tertiary/aromatic N) is 8. The van der Waals surface area contributed by atoms with E-state index in [0.717, 1.165) is 45.9 Å². The predicted molar refractivity (Wildman–Crippen MR) is 156 cm³/mol. The maximum Gasteiger partial charge on any atom is 4.00 e. The molecule has 0 saturated carbocycles. The van der Waals surface area contributed by atoms with Gasteiger partial charge in [0.05, 0.1) is 37.0 Å². The quantitative estimate of drug-likeness (QED) is 0.176. The van der Waals surface area contributed by atoms with Gasteiger partial charge in [-0.05, 0) is 36.4 Å². The summed E-state index contributed by atoms with van der Waals surface area (Å²) in [5.74, 6) is 3.52. The van der Waals surface area contributed by atoms with Crippen LogP contribution < -0.4 is 46.7 Å². The largest absolute Gasteiger partial charge is 4.00 e. The summed E-state index contributed by atoms with van der Waals surface area (Å²) >= 11 is 0. The second-order valence-electron chi connectivity index (χ2n) is 8.89. The molecule has 0 unspecified atom stereocenters. The summed E-state index contributed by atoms with van der Waals surface area (Å²) in [7, 11) is 11.3. The van der Waals surface area contributed by atoms with E-state index >= 15 is 0 Å². The maximum atomic E-state index is 5.13. The second-order valence-corrected chi connectivity index (χ2v) is 8.89. The van der Waals surface area contributed by atoms with Crippen LogP contribution in [0, 0.1) is 0 Å². The number of halogens is 3. The van der Waals surface area contributed by atoms with Crippen LogP contribution in [0.2, 0.25) is 0 Å². The number of aryl methyl sites for hydroxylation is 4. The molecule has 10 nitrogen and oxygen atoms in total. The third-order valence-electron chi connectivity index (χ3n) is 6.18. The van der Waals surface area contributed by atoms with E-state index in [9.17, 15) is 0 Å². The fraction of sp³-hybridized carbons (Fsp3) is 0.200. The fourth-order valence-electron chi connectivity index (χ4n) is 3.97. The van der Waals surface area contributed by atoms with Gasteiger partial charge in [-0.15, -0.1) is 0 Å². The molecule has 0 spiro atoms. The number of rotatable bonds is 5. The van der Waals surface area contributed by atoms with Gasteiger partial charge in [0, 0.05) is 89.9 Å². The molecule has 0 aliphatic heterocycles. The molecule has 6 rings (SSSR count). The van der Waals surface area contributed by atoms with Gasteiger partial charge >= 0.3 is 19.8 Å². The first kappa shape index (κ1) is 40.4. The van der Waals surface area contributed by atoms with Crippen LogP contribution in [-0.4, -0.2) is 52.4 Å². The van der Waals surface area contributed by atoms with E-state index in [-0.39, 0.29) is 57.0 Å². The fourth-order valence-corrected chi connectivity index (χ4v) is 3.97. The summed E-state index contributed by atoms with van der Waals surface area (Å²) in [6, 6.07) is 15.4. The summed E-state index contributed by atoms with van der Waals surface area (Å²) in [4.78, 5) is 17.0. The Morgan fingerprint density at radius 2 is 0.886 bits per heavy atom. The van der Waals surface area contributed by atoms with Crippen LogP contribution in [0.3, 0.4) is 0 Å². The van der Waals surface area contributed by atoms with Crippen LogP contribution in [0.1, 0.15) is 0 Å². The number of pyridine rings is 2. The molecule has 0 atom stereocenters. The molecule has 0 aromatic carbocycles. The molecular formula is C30H34Cl3N8O2Os+. The Bertz CT molecular complexity index is 1470. The Labute approximate surface area is 289 Å². The average Bonchev–Trinajstić information content (AvgIpc) is 3.79. The predicted octanol–water partition coefficient (Wildman–Crippen LogP) is -3.98. The first-order chi connectivity index (χ1) is 19.4. The van der Waals surface area contributed by atoms with Crippen molar-refractivity contribution in [2.45, 2.75) is 0 Å². The first-order valence-electron chi connectivity index (χ1n) is 12.6. The van der Waals surface area contributed by atoms with E-state index in [1.54, 1.807) is 38.7 Å². The SMILES string of the molecule is COc1ccnc(-c2cc(OC)ccn2)c1.Cn1cccc1-c1nccn1C.Cn1cccc1-c1nccn1C.[Cl-].[Cl-].[Cl-].[Os+4]. The van der Waals surface area contributed by atoms with Crippen LogP contribution in [0.15, 0.2) is 98.1 Å². The van der Waals surface area contributed by atoms with E-state index in [4.69, 9.17) is 9.47 Å². The number of methoxy groups -OCH3 is 2. The average molecular weight is 835 g/mol. The Balaban J connectivity index is 0.000000610. The van der Waals surface area contributed by atoms with E-state index < -0.39 is 0 Å². The van der Waals surface area contributed by atoms with E-state index in [1.165, 1.54) is 0 Å². The van der Waals surface area contributed by atoms with E-state index in [1.807, 2.05) is 98.8 Å². The Kier molecular flexibility index (Phi) is 18.0. The molecule has 6 aromatic heterocycles. The first-order valence-corrected chi connectivity index (χ1v) is 12.6. The molecule has 44 heavy (non-hydrogen) atoms. The number of aromatic nitrogens is 8. The molecule has 234 valence electrons. The standard InChI is InChI=1S/C12H12N2O2.2C9H11N3.3ClH.Os/c1-15-9-3-5-13-11(7-9)12-8-10(16-2)4-6-14-12;2*1-11-6-3-4-8(11)9-10-5-7-12(9)2;;;;/h3-8H,1-2H3;2*3-7H,1-2H3;3*1H;/q;;;;;;+4/p-3. The van der Waals surface area contributed by atoms with Crippen molar-refractivity contribution in [3.8, 4) is 45.9 Å². The summed E-state index contributed by atoms with van der Waals surface area (Å²) in [6.45, 7) is 0. The van der Waals surface area contributed by atoms with Crippen molar-refractivity contribution < 1.29 is 66.5 Å². The van der Waals surface area contributed by atoms with Gasteiger partial charge in [0.2, 0.25) is 0 Å². The summed E-state index contributed by atoms with van der Waals surface area (Å²) in [5.41, 5.74) is 3.81. The number of ether oxygens (including phenoxy) is 2. The number of imidazole rings is 2. The molecule has 0 aliphatic rings. The van der Waals surface area contributed by atoms with Crippen molar-refractivity contribution >= 4 is 0 Å². The molecule has 0 saturated heterocycles. The molecule has 0 radical (unpaired) electrons. The van der Waals surface area contributed by atoms with E-state index in [0.29, 0.717) is 0 Å². The maximum absolute atomic E-state index is 5.13. The van der Waals surface area contributed by atoms with Crippen molar-refractivity contribution in [3.05, 3.63) is 98.1 Å². The summed E-state index contributed by atoms with van der Waals surface area (Å²) < 4.78 is 18.4. The molecule has 0 N–H and O–H groups in total. The van der Waals surface area contributed by atoms with Crippen molar-refractivity contribution in [2.75, 3.05) is 14.2 Å². The normalized spacial score (nSPS) is 9.32. The molecule has 6 heterocycles. The van der Waals surface area contributed by atoms with Gasteiger partial charge in [-0.3, -0.25) is 9.97 Å². The Hall–Kier alpha value is -3.61. The van der Waals surface area contributed by atoms with Crippen molar-refractivity contribution in [2.24, 2.45) is 28.2 Å². The minimum absolute atomic E-state index is 0. The van der Waals surface area contributed by atoms with Gasteiger partial charge in [-0.2, -0.15) is 0 Å². The monoisotopic (exact) mass is 835 g/mol. The Morgan fingerprint density at radius 3 is 1.16 bits per heavy atom. The van der Waals surface area contributed by atoms with Gasteiger partial charge < -0.3 is 65.0 Å². The molecule has 0 amide bonds. The van der Waals surface area contributed by atoms with Crippen LogP contribution in [0.4, 0.5) is 0 Å². The zero-order chi connectivity index (χ0) is 28.5. The van der Waals surface area contributed by atoms with Crippen LogP contribution in [-0.2, 0) is 48.0 Å². The molecule has 14 heteroatoms. The third-order valence-corrected chi connectivity index (χ3v) is 6.18. The van der Waals surface area contributed by atoms with Crippen LogP contribution in [0.5, 0.6) is 11.5 Å². The topological polar surface area (TPSA) is 89.7 Å². The number of hydrogen-bond donors (Lipinski definition) is 0. The van der Waals surface area contributed by atoms with Crippen molar-refractivity contribution in [1.82, 2.24) is 38.2 Å². The minimum atomic E-state index is 0.